The molecule has 0 bridgehead atoms. The number of anilines is 1. The summed E-state index contributed by atoms with van der Waals surface area (Å²) in [5.41, 5.74) is 0.355. The number of ether oxygens (including phenoxy) is 1. The molecule has 0 amide bonds. The van der Waals surface area contributed by atoms with Gasteiger partial charge in [-0.15, -0.1) is 13.2 Å². The lowest BCUT2D eigenvalue weighted by atomic mass is 10.3. The first-order valence-corrected chi connectivity index (χ1v) is 5.62. The molecule has 0 aromatic heterocycles. The van der Waals surface area contributed by atoms with Crippen molar-refractivity contribution in [1.82, 2.24) is 4.90 Å². The predicted octanol–water partition coefficient (Wildman–Crippen LogP) is 2.95. The van der Waals surface area contributed by atoms with Crippen LogP contribution in [0.3, 0.4) is 0 Å². The molecule has 0 aliphatic heterocycles. The van der Waals surface area contributed by atoms with Crippen LogP contribution in [0.1, 0.15) is 6.42 Å². The Morgan fingerprint density at radius 3 is 2.50 bits per heavy atom. The average molecular weight is 262 g/mol. The van der Waals surface area contributed by atoms with Crippen LogP contribution in [0, 0.1) is 0 Å². The highest BCUT2D eigenvalue weighted by Crippen LogP contribution is 2.29. The second-order valence-electron chi connectivity index (χ2n) is 4.13. The number of nitrogens with zero attached hydrogens (tertiary/aromatic N) is 1. The zero-order valence-electron chi connectivity index (χ0n) is 10.4. The van der Waals surface area contributed by atoms with Crippen molar-refractivity contribution in [3.05, 3.63) is 24.3 Å². The molecule has 18 heavy (non-hydrogen) atoms. The fourth-order valence-electron chi connectivity index (χ4n) is 1.44. The highest BCUT2D eigenvalue weighted by molar-refractivity contribution is 5.56. The monoisotopic (exact) mass is 262 g/mol. The van der Waals surface area contributed by atoms with E-state index >= 15 is 0 Å². The molecule has 0 spiro atoms. The maximum Gasteiger partial charge on any atom is 0.573 e. The SMILES string of the molecule is CN(C)CCCNc1ccccc1OC(F)(F)F. The molecule has 1 aromatic carbocycles. The van der Waals surface area contributed by atoms with Crippen LogP contribution in [0.4, 0.5) is 18.9 Å². The van der Waals surface area contributed by atoms with Gasteiger partial charge in [-0.05, 0) is 39.2 Å². The summed E-state index contributed by atoms with van der Waals surface area (Å²) in [6.07, 6.45) is -3.82. The first-order chi connectivity index (χ1) is 8.38. The van der Waals surface area contributed by atoms with E-state index in [0.717, 1.165) is 13.0 Å². The number of hydrogen-bond donors (Lipinski definition) is 1. The minimum absolute atomic E-state index is 0.199. The van der Waals surface area contributed by atoms with Gasteiger partial charge in [-0.2, -0.15) is 0 Å². The molecule has 0 aliphatic rings. The summed E-state index contributed by atoms with van der Waals surface area (Å²) in [6.45, 7) is 1.46. The average Bonchev–Trinajstić information content (AvgIpc) is 2.24. The molecule has 0 heterocycles. The van der Waals surface area contributed by atoms with Gasteiger partial charge in [0.25, 0.3) is 0 Å². The second kappa shape index (κ2) is 6.49. The molecule has 102 valence electrons. The maximum absolute atomic E-state index is 12.2. The molecule has 0 saturated carbocycles. The van der Waals surface area contributed by atoms with E-state index in [4.69, 9.17) is 0 Å². The van der Waals surface area contributed by atoms with Crippen molar-refractivity contribution >= 4 is 5.69 Å². The predicted molar refractivity (Wildman–Crippen MR) is 64.8 cm³/mol. The largest absolute Gasteiger partial charge is 0.573 e. The Kier molecular flexibility index (Phi) is 5.27. The molecule has 0 saturated heterocycles. The van der Waals surface area contributed by atoms with E-state index in [2.05, 4.69) is 10.1 Å². The van der Waals surface area contributed by atoms with Gasteiger partial charge in [0.1, 0.15) is 0 Å². The summed E-state index contributed by atoms with van der Waals surface area (Å²) in [6, 6.07) is 6.03. The van der Waals surface area contributed by atoms with Crippen molar-refractivity contribution in [3.63, 3.8) is 0 Å². The molecule has 1 N–H and O–H groups in total. The van der Waals surface area contributed by atoms with Gasteiger partial charge < -0.3 is 15.0 Å². The van der Waals surface area contributed by atoms with Crippen LogP contribution in [0.15, 0.2) is 24.3 Å². The summed E-state index contributed by atoms with van der Waals surface area (Å²) in [7, 11) is 3.89. The number of benzene rings is 1. The zero-order chi connectivity index (χ0) is 13.6. The molecular formula is C12H17F3N2O. The number of nitrogens with one attached hydrogen (secondary N) is 1. The third-order valence-electron chi connectivity index (χ3n) is 2.21. The van der Waals surface area contributed by atoms with Crippen molar-refractivity contribution in [3.8, 4) is 5.75 Å². The molecular weight excluding hydrogens is 245 g/mol. The molecule has 0 unspecified atom stereocenters. The smallest absolute Gasteiger partial charge is 0.404 e. The molecule has 0 aliphatic carbocycles. The van der Waals surface area contributed by atoms with Crippen molar-refractivity contribution in [2.24, 2.45) is 0 Å². The van der Waals surface area contributed by atoms with Gasteiger partial charge in [0.2, 0.25) is 0 Å². The van der Waals surface area contributed by atoms with Crippen molar-refractivity contribution < 1.29 is 17.9 Å². The molecule has 0 radical (unpaired) electrons. The first-order valence-electron chi connectivity index (χ1n) is 5.62. The van der Waals surface area contributed by atoms with Gasteiger partial charge in [0.05, 0.1) is 5.69 Å². The van der Waals surface area contributed by atoms with E-state index < -0.39 is 6.36 Å². The molecule has 6 heteroatoms. The molecule has 1 rings (SSSR count). The Morgan fingerprint density at radius 2 is 1.89 bits per heavy atom. The van der Waals surface area contributed by atoms with E-state index in [1.165, 1.54) is 12.1 Å². The van der Waals surface area contributed by atoms with Gasteiger partial charge in [-0.3, -0.25) is 0 Å². The summed E-state index contributed by atoms with van der Waals surface area (Å²) in [4.78, 5) is 2.01. The first kappa shape index (κ1) is 14.6. The maximum atomic E-state index is 12.2. The third kappa shape index (κ3) is 5.77. The minimum Gasteiger partial charge on any atom is -0.404 e. The lowest BCUT2D eigenvalue weighted by molar-refractivity contribution is -0.274. The third-order valence-corrected chi connectivity index (χ3v) is 2.21. The molecule has 1 aromatic rings. The van der Waals surface area contributed by atoms with E-state index in [0.29, 0.717) is 12.2 Å². The van der Waals surface area contributed by atoms with E-state index in [1.807, 2.05) is 19.0 Å². The Hall–Kier alpha value is -1.43. The summed E-state index contributed by atoms with van der Waals surface area (Å²) < 4.78 is 40.4. The second-order valence-corrected chi connectivity index (χ2v) is 4.13. The number of alkyl halides is 3. The van der Waals surface area contributed by atoms with E-state index in [1.54, 1.807) is 12.1 Å². The Morgan fingerprint density at radius 1 is 1.22 bits per heavy atom. The van der Waals surface area contributed by atoms with Crippen LogP contribution in [0.5, 0.6) is 5.75 Å². The Bertz CT molecular complexity index is 367. The lowest BCUT2D eigenvalue weighted by Gasteiger charge is -2.15. The highest BCUT2D eigenvalue weighted by atomic mass is 19.4. The normalized spacial score (nSPS) is 11.7. The Labute approximate surface area is 105 Å². The van der Waals surface area contributed by atoms with Gasteiger partial charge in [-0.1, -0.05) is 12.1 Å². The fourth-order valence-corrected chi connectivity index (χ4v) is 1.44. The number of halogens is 3. The summed E-state index contributed by atoms with van der Waals surface area (Å²) in [5, 5.41) is 2.94. The summed E-state index contributed by atoms with van der Waals surface area (Å²) in [5.74, 6) is -0.199. The van der Waals surface area contributed by atoms with Crippen LogP contribution in [-0.4, -0.2) is 38.4 Å². The van der Waals surface area contributed by atoms with Gasteiger partial charge >= 0.3 is 6.36 Å². The zero-order valence-corrected chi connectivity index (χ0v) is 10.4. The fraction of sp³-hybridized carbons (Fsp3) is 0.500. The van der Waals surface area contributed by atoms with Crippen molar-refractivity contribution in [1.29, 1.82) is 0 Å². The highest BCUT2D eigenvalue weighted by Gasteiger charge is 2.31. The molecule has 0 fully saturated rings. The molecule has 3 nitrogen and oxygen atoms in total. The Balaban J connectivity index is 2.54. The van der Waals surface area contributed by atoms with Crippen LogP contribution >= 0.6 is 0 Å². The topological polar surface area (TPSA) is 24.5 Å². The van der Waals surface area contributed by atoms with Crippen LogP contribution in [-0.2, 0) is 0 Å². The van der Waals surface area contributed by atoms with Gasteiger partial charge in [0.15, 0.2) is 5.75 Å². The molecule has 0 atom stereocenters. The summed E-state index contributed by atoms with van der Waals surface area (Å²) >= 11 is 0. The van der Waals surface area contributed by atoms with Gasteiger partial charge in [0, 0.05) is 6.54 Å². The number of para-hydroxylation sites is 2. The quantitative estimate of drug-likeness (QED) is 0.798. The standard InChI is InChI=1S/C12H17F3N2O/c1-17(2)9-5-8-16-10-6-3-4-7-11(10)18-12(13,14)15/h3-4,6-7,16H,5,8-9H2,1-2H3. The lowest BCUT2D eigenvalue weighted by Crippen LogP contribution is -2.19. The number of hydrogen-bond acceptors (Lipinski definition) is 3. The van der Waals surface area contributed by atoms with Crippen LogP contribution < -0.4 is 10.1 Å². The van der Waals surface area contributed by atoms with E-state index in [9.17, 15) is 13.2 Å². The van der Waals surface area contributed by atoms with Crippen LogP contribution in [0.2, 0.25) is 0 Å². The van der Waals surface area contributed by atoms with E-state index in [-0.39, 0.29) is 5.75 Å². The van der Waals surface area contributed by atoms with Crippen LogP contribution in [0.25, 0.3) is 0 Å². The van der Waals surface area contributed by atoms with Crippen molar-refractivity contribution in [2.45, 2.75) is 12.8 Å². The number of rotatable bonds is 6. The van der Waals surface area contributed by atoms with Crippen molar-refractivity contribution in [2.75, 3.05) is 32.5 Å². The minimum atomic E-state index is -4.67. The van der Waals surface area contributed by atoms with Gasteiger partial charge in [-0.25, -0.2) is 0 Å².